The Morgan fingerprint density at radius 2 is 1.33 bits per heavy atom. The number of Topliss-reactive ketones (excluding diaryl/α,β-unsaturated/α-hetero) is 1. The smallest absolute Gasteiger partial charge is 0.297 e. The molecule has 3 aromatic rings. The Balaban J connectivity index is 1.88. The van der Waals surface area contributed by atoms with Gasteiger partial charge >= 0.3 is 0 Å². The SMILES string of the molecule is O=C1C(=O)N(CCO)C2(C(=O)N(c3ccccc3)C(=S)N2c2ccccc2)/C1=C(\O)c1ccccc1. The second kappa shape index (κ2) is 9.03. The zero-order chi connectivity index (χ0) is 25.4. The van der Waals surface area contributed by atoms with Gasteiger partial charge in [0, 0.05) is 17.8 Å². The maximum absolute atomic E-state index is 14.5. The molecular weight excluding hydrogens is 478 g/mol. The Bertz CT molecular complexity index is 1390. The summed E-state index contributed by atoms with van der Waals surface area (Å²) >= 11 is 5.80. The standard InChI is InChI=1S/C27H21N3O5S/c31-17-16-28-24(34)23(33)21(22(32)18-10-4-1-5-11-18)27(28)25(35)29(19-12-6-2-7-13-19)26(36)30(27)20-14-8-3-9-15-20/h1-15,31-32H,16-17H2/b22-21-. The van der Waals surface area contributed by atoms with Crippen molar-refractivity contribution < 1.29 is 24.6 Å². The van der Waals surface area contributed by atoms with Gasteiger partial charge in [0.2, 0.25) is 5.66 Å². The number of benzene rings is 3. The molecule has 9 heteroatoms. The molecule has 0 bridgehead atoms. The number of amides is 2. The molecule has 0 aromatic heterocycles. The van der Waals surface area contributed by atoms with Crippen LogP contribution in [0.1, 0.15) is 5.56 Å². The van der Waals surface area contributed by atoms with Crippen molar-refractivity contribution in [2.75, 3.05) is 23.0 Å². The first-order valence-electron chi connectivity index (χ1n) is 11.2. The second-order valence-electron chi connectivity index (χ2n) is 8.20. The normalized spacial score (nSPS) is 21.2. The molecule has 2 heterocycles. The molecule has 2 amide bonds. The third-order valence-corrected chi connectivity index (χ3v) is 6.61. The zero-order valence-electron chi connectivity index (χ0n) is 18.9. The summed E-state index contributed by atoms with van der Waals surface area (Å²) in [7, 11) is 0. The van der Waals surface area contributed by atoms with Gasteiger partial charge < -0.3 is 10.2 Å². The molecule has 3 aromatic carbocycles. The predicted octanol–water partition coefficient (Wildman–Crippen LogP) is 2.89. The lowest BCUT2D eigenvalue weighted by Crippen LogP contribution is -2.62. The number of aliphatic hydroxyl groups excluding tert-OH is 2. The number of anilines is 2. The van der Waals surface area contributed by atoms with E-state index in [1.54, 1.807) is 91.0 Å². The van der Waals surface area contributed by atoms with Crippen LogP contribution >= 0.6 is 12.2 Å². The van der Waals surface area contributed by atoms with Gasteiger partial charge in [0.05, 0.1) is 12.3 Å². The highest BCUT2D eigenvalue weighted by molar-refractivity contribution is 7.81. The topological polar surface area (TPSA) is 101 Å². The van der Waals surface area contributed by atoms with Crippen LogP contribution in [0, 0.1) is 0 Å². The van der Waals surface area contributed by atoms with E-state index in [0.29, 0.717) is 11.4 Å². The lowest BCUT2D eigenvalue weighted by atomic mass is 9.93. The van der Waals surface area contributed by atoms with Crippen molar-refractivity contribution in [1.29, 1.82) is 0 Å². The maximum atomic E-state index is 14.5. The molecule has 8 nitrogen and oxygen atoms in total. The Morgan fingerprint density at radius 1 is 0.806 bits per heavy atom. The van der Waals surface area contributed by atoms with Gasteiger partial charge in [-0.1, -0.05) is 66.7 Å². The number of hydrogen-bond acceptors (Lipinski definition) is 6. The summed E-state index contributed by atoms with van der Waals surface area (Å²) < 4.78 is 0. The van der Waals surface area contributed by atoms with E-state index in [9.17, 15) is 24.6 Å². The highest BCUT2D eigenvalue weighted by atomic mass is 32.1. The van der Waals surface area contributed by atoms with Crippen molar-refractivity contribution >= 4 is 52.1 Å². The van der Waals surface area contributed by atoms with E-state index in [-0.39, 0.29) is 17.2 Å². The fourth-order valence-corrected chi connectivity index (χ4v) is 5.18. The molecule has 2 saturated heterocycles. The Labute approximate surface area is 212 Å². The predicted molar refractivity (Wildman–Crippen MR) is 138 cm³/mol. The van der Waals surface area contributed by atoms with E-state index in [2.05, 4.69) is 0 Å². The van der Waals surface area contributed by atoms with Gasteiger partial charge in [-0.15, -0.1) is 0 Å². The van der Waals surface area contributed by atoms with Gasteiger partial charge in [-0.25, -0.2) is 0 Å². The number of rotatable bonds is 5. The van der Waals surface area contributed by atoms with E-state index in [1.165, 1.54) is 9.80 Å². The van der Waals surface area contributed by atoms with Crippen LogP contribution < -0.4 is 9.80 Å². The fourth-order valence-electron chi connectivity index (χ4n) is 4.76. The van der Waals surface area contributed by atoms with E-state index >= 15 is 0 Å². The molecule has 2 fully saturated rings. The Hall–Kier alpha value is -4.34. The van der Waals surface area contributed by atoms with Crippen molar-refractivity contribution in [3.63, 3.8) is 0 Å². The molecule has 5 rings (SSSR count). The monoisotopic (exact) mass is 499 g/mol. The van der Waals surface area contributed by atoms with Crippen LogP contribution in [0.3, 0.4) is 0 Å². The van der Waals surface area contributed by atoms with Crippen LogP contribution in [0.5, 0.6) is 0 Å². The first kappa shape index (κ1) is 23.4. The van der Waals surface area contributed by atoms with Crippen molar-refractivity contribution in [3.05, 3.63) is 102 Å². The number of ketones is 1. The molecule has 1 atom stereocenters. The number of para-hydroxylation sites is 2. The van der Waals surface area contributed by atoms with Gasteiger partial charge in [0.25, 0.3) is 17.6 Å². The van der Waals surface area contributed by atoms with Gasteiger partial charge in [-0.3, -0.25) is 29.1 Å². The number of carbonyl (C=O) groups is 3. The van der Waals surface area contributed by atoms with Crippen LogP contribution in [0.2, 0.25) is 0 Å². The molecule has 0 radical (unpaired) electrons. The fraction of sp³-hybridized carbons (Fsp3) is 0.111. The lowest BCUT2D eigenvalue weighted by Gasteiger charge is -2.39. The highest BCUT2D eigenvalue weighted by Crippen LogP contribution is 2.48. The number of hydrogen-bond donors (Lipinski definition) is 2. The van der Waals surface area contributed by atoms with E-state index in [4.69, 9.17) is 12.2 Å². The number of β-amino-alcohol motifs (C(OH)–C–C–N with tert-alkyl or cyclic N) is 1. The molecule has 1 unspecified atom stereocenters. The first-order valence-corrected chi connectivity index (χ1v) is 11.6. The minimum absolute atomic E-state index is 0.0150. The van der Waals surface area contributed by atoms with E-state index in [1.807, 2.05) is 0 Å². The number of aliphatic hydroxyl groups is 2. The maximum Gasteiger partial charge on any atom is 0.297 e. The molecular formula is C27H21N3O5S. The van der Waals surface area contributed by atoms with Crippen LogP contribution in [-0.2, 0) is 14.4 Å². The van der Waals surface area contributed by atoms with Gasteiger partial charge in [-0.05, 0) is 36.5 Å². The third kappa shape index (κ3) is 3.24. The van der Waals surface area contributed by atoms with Crippen molar-refractivity contribution in [1.82, 2.24) is 4.90 Å². The Kier molecular flexibility index (Phi) is 5.87. The van der Waals surface area contributed by atoms with Crippen LogP contribution in [0.4, 0.5) is 11.4 Å². The van der Waals surface area contributed by atoms with Crippen LogP contribution in [-0.4, -0.2) is 56.6 Å². The lowest BCUT2D eigenvalue weighted by molar-refractivity contribution is -0.143. The average molecular weight is 500 g/mol. The summed E-state index contributed by atoms with van der Waals surface area (Å²) in [6.45, 7) is -0.857. The van der Waals surface area contributed by atoms with E-state index in [0.717, 1.165) is 4.90 Å². The van der Waals surface area contributed by atoms with Crippen molar-refractivity contribution in [2.45, 2.75) is 5.66 Å². The van der Waals surface area contributed by atoms with Gasteiger partial charge in [0.1, 0.15) is 11.3 Å². The Morgan fingerprint density at radius 3 is 1.89 bits per heavy atom. The first-order chi connectivity index (χ1) is 17.4. The highest BCUT2D eigenvalue weighted by Gasteiger charge is 2.71. The summed E-state index contributed by atoms with van der Waals surface area (Å²) in [6.07, 6.45) is 0. The zero-order valence-corrected chi connectivity index (χ0v) is 19.8. The van der Waals surface area contributed by atoms with E-state index < -0.39 is 41.2 Å². The number of likely N-dealkylation sites (tertiary alicyclic amines) is 1. The molecule has 0 saturated carbocycles. The molecule has 36 heavy (non-hydrogen) atoms. The summed E-state index contributed by atoms with van der Waals surface area (Å²) in [5, 5.41) is 21.3. The number of carbonyl (C=O) groups excluding carboxylic acids is 3. The molecule has 1 spiro atoms. The van der Waals surface area contributed by atoms with Crippen molar-refractivity contribution in [2.24, 2.45) is 0 Å². The summed E-state index contributed by atoms with van der Waals surface area (Å²) in [5.74, 6) is -3.29. The summed E-state index contributed by atoms with van der Waals surface area (Å²) in [6, 6.07) is 25.5. The minimum Gasteiger partial charge on any atom is -0.507 e. The third-order valence-electron chi connectivity index (χ3n) is 6.25. The van der Waals surface area contributed by atoms with Crippen LogP contribution in [0.15, 0.2) is 96.6 Å². The molecule has 2 aliphatic rings. The largest absolute Gasteiger partial charge is 0.507 e. The second-order valence-corrected chi connectivity index (χ2v) is 8.57. The van der Waals surface area contributed by atoms with Crippen LogP contribution in [0.25, 0.3) is 5.76 Å². The quantitative estimate of drug-likeness (QED) is 0.241. The average Bonchev–Trinajstić information content (AvgIpc) is 3.27. The molecule has 180 valence electrons. The van der Waals surface area contributed by atoms with Crippen molar-refractivity contribution in [3.8, 4) is 0 Å². The van der Waals surface area contributed by atoms with Gasteiger partial charge in [0.15, 0.2) is 5.11 Å². The van der Waals surface area contributed by atoms with Gasteiger partial charge in [-0.2, -0.15) is 0 Å². The molecule has 0 aliphatic carbocycles. The molecule has 2 aliphatic heterocycles. The number of thiocarbonyl (C=S) groups is 1. The minimum atomic E-state index is -2.15. The molecule has 2 N–H and O–H groups in total. The number of nitrogens with zero attached hydrogens (tertiary/aromatic N) is 3. The summed E-state index contributed by atoms with van der Waals surface area (Å²) in [4.78, 5) is 45.0. The summed E-state index contributed by atoms with van der Waals surface area (Å²) in [5.41, 5.74) is -1.45.